The van der Waals surface area contributed by atoms with E-state index < -0.39 is 0 Å². The number of rotatable bonds is 6. The molecule has 2 N–H and O–H groups in total. The molecule has 0 bridgehead atoms. The van der Waals surface area contributed by atoms with Crippen LogP contribution in [0.5, 0.6) is 0 Å². The van der Waals surface area contributed by atoms with Gasteiger partial charge in [0, 0.05) is 19.6 Å². The molecule has 0 atom stereocenters. The molecule has 1 heterocycles. The van der Waals surface area contributed by atoms with E-state index in [1.807, 2.05) is 18.5 Å². The van der Waals surface area contributed by atoms with Gasteiger partial charge in [-0.15, -0.1) is 10.2 Å². The van der Waals surface area contributed by atoms with Gasteiger partial charge in [0.1, 0.15) is 12.4 Å². The summed E-state index contributed by atoms with van der Waals surface area (Å²) in [6, 6.07) is 0.566. The molecular formula is C18H32N6. The Morgan fingerprint density at radius 2 is 2.00 bits per heavy atom. The Labute approximate surface area is 145 Å². The number of aromatic nitrogens is 3. The number of guanidine groups is 1. The Hall–Kier alpha value is -1.59. The molecule has 0 unspecified atom stereocenters. The van der Waals surface area contributed by atoms with Gasteiger partial charge in [-0.1, -0.05) is 26.2 Å². The average Bonchev–Trinajstić information content (AvgIpc) is 3.16. The molecule has 6 heteroatoms. The van der Waals surface area contributed by atoms with E-state index >= 15 is 0 Å². The molecular weight excluding hydrogens is 300 g/mol. The molecule has 1 aromatic heterocycles. The first-order chi connectivity index (χ1) is 11.6. The lowest BCUT2D eigenvalue weighted by Crippen LogP contribution is -2.48. The van der Waals surface area contributed by atoms with E-state index in [0.29, 0.717) is 18.0 Å². The second kappa shape index (κ2) is 7.53. The maximum atomic E-state index is 4.80. The SMILES string of the molecule is CCC1(CNC(=NCc2nnc(C)n2C)NC2CCCC2)CCC1. The van der Waals surface area contributed by atoms with Gasteiger partial charge < -0.3 is 15.2 Å². The molecule has 2 saturated carbocycles. The normalized spacial score (nSPS) is 20.9. The number of aliphatic imine (C=N–C) groups is 1. The van der Waals surface area contributed by atoms with Crippen LogP contribution < -0.4 is 10.6 Å². The largest absolute Gasteiger partial charge is 0.356 e. The smallest absolute Gasteiger partial charge is 0.191 e. The van der Waals surface area contributed by atoms with Crippen molar-refractivity contribution in [1.82, 2.24) is 25.4 Å². The monoisotopic (exact) mass is 332 g/mol. The van der Waals surface area contributed by atoms with Gasteiger partial charge in [0.05, 0.1) is 0 Å². The van der Waals surface area contributed by atoms with Crippen LogP contribution in [0.3, 0.4) is 0 Å². The van der Waals surface area contributed by atoms with E-state index in [1.54, 1.807) is 0 Å². The zero-order valence-electron chi connectivity index (χ0n) is 15.4. The first-order valence-electron chi connectivity index (χ1n) is 9.52. The molecule has 0 radical (unpaired) electrons. The first-order valence-corrected chi connectivity index (χ1v) is 9.52. The lowest BCUT2D eigenvalue weighted by Gasteiger charge is -2.41. The van der Waals surface area contributed by atoms with Crippen molar-refractivity contribution in [2.45, 2.75) is 77.8 Å². The second-order valence-electron chi connectivity index (χ2n) is 7.57. The van der Waals surface area contributed by atoms with Crippen LogP contribution in [-0.4, -0.2) is 33.3 Å². The Morgan fingerprint density at radius 1 is 1.25 bits per heavy atom. The summed E-state index contributed by atoms with van der Waals surface area (Å²) in [6.45, 7) is 5.88. The maximum absolute atomic E-state index is 4.80. The predicted molar refractivity (Wildman–Crippen MR) is 96.8 cm³/mol. The van der Waals surface area contributed by atoms with Gasteiger partial charge in [0.2, 0.25) is 0 Å². The van der Waals surface area contributed by atoms with Gasteiger partial charge in [0.15, 0.2) is 11.8 Å². The van der Waals surface area contributed by atoms with Crippen molar-refractivity contribution in [2.75, 3.05) is 6.54 Å². The minimum Gasteiger partial charge on any atom is -0.356 e. The van der Waals surface area contributed by atoms with Crippen LogP contribution in [0.2, 0.25) is 0 Å². The topological polar surface area (TPSA) is 67.1 Å². The fourth-order valence-electron chi connectivity index (χ4n) is 3.76. The number of hydrogen-bond donors (Lipinski definition) is 2. The first kappa shape index (κ1) is 17.2. The highest BCUT2D eigenvalue weighted by atomic mass is 15.3. The van der Waals surface area contributed by atoms with E-state index in [9.17, 15) is 0 Å². The Balaban J connectivity index is 1.63. The number of nitrogens with one attached hydrogen (secondary N) is 2. The van der Waals surface area contributed by atoms with Crippen molar-refractivity contribution in [1.29, 1.82) is 0 Å². The lowest BCUT2D eigenvalue weighted by atomic mass is 9.67. The quantitative estimate of drug-likeness (QED) is 0.621. The Kier molecular flexibility index (Phi) is 5.41. The van der Waals surface area contributed by atoms with Crippen molar-refractivity contribution in [3.05, 3.63) is 11.6 Å². The van der Waals surface area contributed by atoms with Gasteiger partial charge in [-0.3, -0.25) is 0 Å². The van der Waals surface area contributed by atoms with Crippen LogP contribution in [0.25, 0.3) is 0 Å². The summed E-state index contributed by atoms with van der Waals surface area (Å²) in [5.74, 6) is 2.79. The van der Waals surface area contributed by atoms with Crippen LogP contribution in [0.1, 0.15) is 69.9 Å². The summed E-state index contributed by atoms with van der Waals surface area (Å²) in [5, 5.41) is 15.6. The van der Waals surface area contributed by atoms with E-state index in [0.717, 1.165) is 24.2 Å². The highest BCUT2D eigenvalue weighted by molar-refractivity contribution is 5.80. The fraction of sp³-hybridized carbons (Fsp3) is 0.833. The van der Waals surface area contributed by atoms with Gasteiger partial charge in [0.25, 0.3) is 0 Å². The van der Waals surface area contributed by atoms with Crippen LogP contribution in [0.15, 0.2) is 4.99 Å². The molecule has 3 rings (SSSR count). The highest BCUT2D eigenvalue weighted by Gasteiger charge is 2.35. The summed E-state index contributed by atoms with van der Waals surface area (Å²) in [4.78, 5) is 4.80. The standard InChI is InChI=1S/C18H32N6/c1-4-18(10-7-11-18)13-20-17(21-15-8-5-6-9-15)19-12-16-23-22-14(2)24(16)3/h15H,4-13H2,1-3H3,(H2,19,20,21). The summed E-state index contributed by atoms with van der Waals surface area (Å²) >= 11 is 0. The molecule has 1 aromatic rings. The Bertz CT molecular complexity index is 561. The molecule has 24 heavy (non-hydrogen) atoms. The number of hydrogen-bond acceptors (Lipinski definition) is 3. The third kappa shape index (κ3) is 3.90. The molecule has 2 aliphatic carbocycles. The van der Waals surface area contributed by atoms with Crippen molar-refractivity contribution < 1.29 is 0 Å². The maximum Gasteiger partial charge on any atom is 0.191 e. The molecule has 0 amide bonds. The summed E-state index contributed by atoms with van der Waals surface area (Å²) < 4.78 is 2.01. The van der Waals surface area contributed by atoms with Crippen LogP contribution >= 0.6 is 0 Å². The summed E-state index contributed by atoms with van der Waals surface area (Å²) in [6.07, 6.45) is 10.5. The van der Waals surface area contributed by atoms with Gasteiger partial charge in [-0.05, 0) is 44.4 Å². The van der Waals surface area contributed by atoms with Crippen LogP contribution in [0.4, 0.5) is 0 Å². The van der Waals surface area contributed by atoms with E-state index in [1.165, 1.54) is 51.4 Å². The van der Waals surface area contributed by atoms with Gasteiger partial charge in [-0.2, -0.15) is 0 Å². The minimum absolute atomic E-state index is 0.486. The summed E-state index contributed by atoms with van der Waals surface area (Å²) in [7, 11) is 2.00. The van der Waals surface area contributed by atoms with Crippen molar-refractivity contribution in [3.8, 4) is 0 Å². The highest BCUT2D eigenvalue weighted by Crippen LogP contribution is 2.43. The third-order valence-electron chi connectivity index (χ3n) is 6.05. The molecule has 0 aromatic carbocycles. The minimum atomic E-state index is 0.486. The second-order valence-corrected chi connectivity index (χ2v) is 7.57. The molecule has 0 saturated heterocycles. The van der Waals surface area contributed by atoms with Gasteiger partial charge in [-0.25, -0.2) is 4.99 Å². The predicted octanol–water partition coefficient (Wildman–Crippen LogP) is 2.68. The van der Waals surface area contributed by atoms with Crippen molar-refractivity contribution in [2.24, 2.45) is 17.5 Å². The summed E-state index contributed by atoms with van der Waals surface area (Å²) in [5.41, 5.74) is 0.486. The zero-order chi connectivity index (χ0) is 17.0. The molecule has 6 nitrogen and oxygen atoms in total. The van der Waals surface area contributed by atoms with E-state index in [2.05, 4.69) is 27.8 Å². The van der Waals surface area contributed by atoms with Gasteiger partial charge >= 0.3 is 0 Å². The zero-order valence-corrected chi connectivity index (χ0v) is 15.4. The van der Waals surface area contributed by atoms with Crippen LogP contribution in [0, 0.1) is 12.3 Å². The van der Waals surface area contributed by atoms with E-state index in [-0.39, 0.29) is 0 Å². The Morgan fingerprint density at radius 3 is 2.54 bits per heavy atom. The van der Waals surface area contributed by atoms with Crippen LogP contribution in [-0.2, 0) is 13.6 Å². The number of aryl methyl sites for hydroxylation is 1. The third-order valence-corrected chi connectivity index (χ3v) is 6.05. The molecule has 0 spiro atoms. The van der Waals surface area contributed by atoms with Crippen molar-refractivity contribution in [3.63, 3.8) is 0 Å². The molecule has 0 aliphatic heterocycles. The van der Waals surface area contributed by atoms with E-state index in [4.69, 9.17) is 4.99 Å². The molecule has 2 fully saturated rings. The molecule has 2 aliphatic rings. The van der Waals surface area contributed by atoms with Crippen molar-refractivity contribution >= 4 is 5.96 Å². The number of nitrogens with zero attached hydrogens (tertiary/aromatic N) is 4. The lowest BCUT2D eigenvalue weighted by molar-refractivity contribution is 0.131. The average molecular weight is 332 g/mol. The molecule has 134 valence electrons. The fourth-order valence-corrected chi connectivity index (χ4v) is 3.76.